The van der Waals surface area contributed by atoms with Crippen LogP contribution in [0.15, 0.2) is 60.7 Å². The predicted molar refractivity (Wildman–Crippen MR) is 125 cm³/mol. The van der Waals surface area contributed by atoms with Gasteiger partial charge in [0.25, 0.3) is 5.91 Å². The Morgan fingerprint density at radius 3 is 2.53 bits per heavy atom. The first kappa shape index (κ1) is 21.4. The Morgan fingerprint density at radius 1 is 1.12 bits per heavy atom. The van der Waals surface area contributed by atoms with Crippen LogP contribution >= 0.6 is 0 Å². The van der Waals surface area contributed by atoms with E-state index in [9.17, 15) is 9.90 Å². The van der Waals surface area contributed by atoms with Crippen molar-refractivity contribution in [2.75, 3.05) is 7.11 Å². The van der Waals surface area contributed by atoms with Crippen molar-refractivity contribution >= 4 is 16.8 Å². The summed E-state index contributed by atoms with van der Waals surface area (Å²) in [6, 6.07) is 19.9. The minimum absolute atomic E-state index is 0.0753. The molecule has 2 N–H and O–H groups in total. The van der Waals surface area contributed by atoms with E-state index in [0.717, 1.165) is 27.7 Å². The zero-order valence-electron chi connectivity index (χ0n) is 18.7. The topological polar surface area (TPSA) is 76.4 Å². The van der Waals surface area contributed by atoms with Gasteiger partial charge in [0, 0.05) is 34.8 Å². The summed E-state index contributed by atoms with van der Waals surface area (Å²) in [4.78, 5) is 17.4. The maximum absolute atomic E-state index is 13.4. The number of methoxy groups -OCH3 is 1. The fraction of sp³-hybridized carbons (Fsp3) is 0.231. The van der Waals surface area contributed by atoms with E-state index >= 15 is 0 Å². The molecule has 0 saturated carbocycles. The standard InChI is InChI=1S/C26H27N3O3/c1-16-14-23(30)28-26(32-4)21(16)15-27-25(31)24-18(3)29(22-13-9-8-12-20(22)24)17(2)19-10-6-5-7-11-19/h5-14,17H,15H2,1-4H3,(H,27,31)(H,28,30)/t17-/m0/s1. The second kappa shape index (κ2) is 8.75. The zero-order chi connectivity index (χ0) is 22.8. The third kappa shape index (κ3) is 3.80. The van der Waals surface area contributed by atoms with Crippen LogP contribution in [0.25, 0.3) is 10.9 Å². The van der Waals surface area contributed by atoms with Gasteiger partial charge in [0.05, 0.1) is 18.7 Å². The van der Waals surface area contributed by atoms with Crippen molar-refractivity contribution < 1.29 is 14.6 Å². The van der Waals surface area contributed by atoms with Crippen molar-refractivity contribution in [1.29, 1.82) is 0 Å². The number of para-hydroxylation sites is 1. The largest absolute Gasteiger partial charge is 0.493 e. The van der Waals surface area contributed by atoms with Gasteiger partial charge in [-0.25, -0.2) is 0 Å². The Bertz CT molecular complexity index is 1280. The molecule has 0 aliphatic carbocycles. The number of hydrogen-bond acceptors (Lipinski definition) is 4. The lowest BCUT2D eigenvalue weighted by atomic mass is 10.1. The molecule has 0 bridgehead atoms. The highest BCUT2D eigenvalue weighted by atomic mass is 16.5. The second-order valence-electron chi connectivity index (χ2n) is 7.90. The number of pyridine rings is 1. The quantitative estimate of drug-likeness (QED) is 0.457. The SMILES string of the molecule is COc1nc(O)cc(C)c1CNC(=O)c1c(C)n([C@@H](C)c2ccccc2)c2ccccc12. The summed E-state index contributed by atoms with van der Waals surface area (Å²) in [7, 11) is 1.50. The van der Waals surface area contributed by atoms with E-state index in [1.165, 1.54) is 12.7 Å². The molecule has 0 radical (unpaired) electrons. The Balaban J connectivity index is 1.71. The summed E-state index contributed by atoms with van der Waals surface area (Å²) < 4.78 is 7.51. The van der Waals surface area contributed by atoms with Gasteiger partial charge in [0.2, 0.25) is 11.8 Å². The van der Waals surface area contributed by atoms with E-state index in [2.05, 4.69) is 40.0 Å². The van der Waals surface area contributed by atoms with Crippen molar-refractivity contribution in [1.82, 2.24) is 14.9 Å². The molecule has 0 aliphatic rings. The van der Waals surface area contributed by atoms with Gasteiger partial charge < -0.3 is 19.7 Å². The Labute approximate surface area is 187 Å². The normalized spacial score (nSPS) is 12.0. The van der Waals surface area contributed by atoms with Gasteiger partial charge in [-0.05, 0) is 38.0 Å². The monoisotopic (exact) mass is 429 g/mol. The fourth-order valence-electron chi connectivity index (χ4n) is 4.35. The van der Waals surface area contributed by atoms with E-state index in [1.54, 1.807) is 6.07 Å². The zero-order valence-corrected chi connectivity index (χ0v) is 18.7. The molecule has 0 fully saturated rings. The lowest BCUT2D eigenvalue weighted by Gasteiger charge is -2.18. The van der Waals surface area contributed by atoms with Gasteiger partial charge in [0.15, 0.2) is 0 Å². The number of aromatic hydroxyl groups is 1. The van der Waals surface area contributed by atoms with Gasteiger partial charge in [0.1, 0.15) is 0 Å². The molecule has 0 aliphatic heterocycles. The first-order chi connectivity index (χ1) is 15.4. The van der Waals surface area contributed by atoms with Crippen LogP contribution in [-0.4, -0.2) is 27.7 Å². The van der Waals surface area contributed by atoms with E-state index in [-0.39, 0.29) is 24.4 Å². The fourth-order valence-corrected chi connectivity index (χ4v) is 4.35. The summed E-state index contributed by atoms with van der Waals surface area (Å²) >= 11 is 0. The average Bonchev–Trinajstić information content (AvgIpc) is 3.09. The van der Waals surface area contributed by atoms with Crippen molar-refractivity contribution in [2.24, 2.45) is 0 Å². The molecule has 1 atom stereocenters. The van der Waals surface area contributed by atoms with Crippen molar-refractivity contribution in [3.63, 3.8) is 0 Å². The van der Waals surface area contributed by atoms with Crippen LogP contribution in [0.2, 0.25) is 0 Å². The van der Waals surface area contributed by atoms with E-state index in [1.807, 2.05) is 50.2 Å². The van der Waals surface area contributed by atoms with Crippen molar-refractivity contribution in [3.8, 4) is 11.8 Å². The maximum atomic E-state index is 13.4. The molecule has 164 valence electrons. The molecule has 2 aromatic heterocycles. The van der Waals surface area contributed by atoms with Gasteiger partial charge in [-0.15, -0.1) is 0 Å². The number of hydrogen-bond donors (Lipinski definition) is 2. The number of carbonyl (C=O) groups is 1. The van der Waals surface area contributed by atoms with E-state index in [4.69, 9.17) is 4.74 Å². The number of fused-ring (bicyclic) bond motifs is 1. The smallest absolute Gasteiger partial charge is 0.254 e. The molecular formula is C26H27N3O3. The highest BCUT2D eigenvalue weighted by Gasteiger charge is 2.23. The van der Waals surface area contributed by atoms with Gasteiger partial charge >= 0.3 is 0 Å². The number of benzene rings is 2. The van der Waals surface area contributed by atoms with Crippen molar-refractivity contribution in [3.05, 3.63) is 88.6 Å². The number of nitrogens with zero attached hydrogens (tertiary/aromatic N) is 2. The summed E-state index contributed by atoms with van der Waals surface area (Å²) in [6.45, 7) is 6.23. The number of rotatable bonds is 6. The first-order valence-corrected chi connectivity index (χ1v) is 10.6. The minimum atomic E-state index is -0.160. The van der Waals surface area contributed by atoms with E-state index < -0.39 is 0 Å². The van der Waals surface area contributed by atoms with Crippen LogP contribution < -0.4 is 10.1 Å². The highest BCUT2D eigenvalue weighted by Crippen LogP contribution is 2.32. The third-order valence-corrected chi connectivity index (χ3v) is 5.97. The lowest BCUT2D eigenvalue weighted by molar-refractivity contribution is 0.0951. The molecular weight excluding hydrogens is 402 g/mol. The Hall–Kier alpha value is -3.80. The highest BCUT2D eigenvalue weighted by molar-refractivity contribution is 6.08. The molecule has 32 heavy (non-hydrogen) atoms. The lowest BCUT2D eigenvalue weighted by Crippen LogP contribution is -2.24. The molecule has 1 amide bonds. The second-order valence-corrected chi connectivity index (χ2v) is 7.90. The molecule has 6 nitrogen and oxygen atoms in total. The molecule has 4 rings (SSSR count). The maximum Gasteiger partial charge on any atom is 0.254 e. The molecule has 6 heteroatoms. The van der Waals surface area contributed by atoms with Crippen LogP contribution in [0.1, 0.15) is 45.7 Å². The third-order valence-electron chi connectivity index (χ3n) is 5.97. The molecule has 4 aromatic rings. The van der Waals surface area contributed by atoms with Crippen molar-refractivity contribution in [2.45, 2.75) is 33.4 Å². The van der Waals surface area contributed by atoms with Crippen LogP contribution in [0.3, 0.4) is 0 Å². The average molecular weight is 430 g/mol. The van der Waals surface area contributed by atoms with E-state index in [0.29, 0.717) is 11.4 Å². The number of ether oxygens (including phenoxy) is 1. The van der Waals surface area contributed by atoms with Gasteiger partial charge in [-0.3, -0.25) is 4.79 Å². The molecule has 0 unspecified atom stereocenters. The van der Waals surface area contributed by atoms with Crippen LogP contribution in [-0.2, 0) is 6.54 Å². The van der Waals surface area contributed by atoms with Crippen LogP contribution in [0.4, 0.5) is 0 Å². The number of carbonyl (C=O) groups excluding carboxylic acids is 1. The summed E-state index contributed by atoms with van der Waals surface area (Å²) in [5.41, 5.74) is 5.30. The summed E-state index contributed by atoms with van der Waals surface area (Å²) in [5, 5.41) is 13.7. The summed E-state index contributed by atoms with van der Waals surface area (Å²) in [6.07, 6.45) is 0. The first-order valence-electron chi connectivity index (χ1n) is 10.6. The molecule has 2 aromatic carbocycles. The molecule has 0 saturated heterocycles. The summed E-state index contributed by atoms with van der Waals surface area (Å²) in [5.74, 6) is 0.0372. The minimum Gasteiger partial charge on any atom is -0.493 e. The van der Waals surface area contributed by atoms with Gasteiger partial charge in [-0.1, -0.05) is 48.5 Å². The number of aryl methyl sites for hydroxylation is 1. The Morgan fingerprint density at radius 2 is 1.81 bits per heavy atom. The van der Waals surface area contributed by atoms with Crippen LogP contribution in [0.5, 0.6) is 11.8 Å². The molecule has 2 heterocycles. The number of aromatic nitrogens is 2. The Kier molecular flexibility index (Phi) is 5.86. The number of amides is 1. The predicted octanol–water partition coefficient (Wildman–Crippen LogP) is 4.91. The van der Waals surface area contributed by atoms with Gasteiger partial charge in [-0.2, -0.15) is 4.98 Å². The number of nitrogens with one attached hydrogen (secondary N) is 1. The van der Waals surface area contributed by atoms with Crippen LogP contribution in [0, 0.1) is 13.8 Å². The molecule has 0 spiro atoms.